The summed E-state index contributed by atoms with van der Waals surface area (Å²) < 4.78 is 14.7. The van der Waals surface area contributed by atoms with E-state index in [1.807, 2.05) is 0 Å². The number of ketones is 1. The Morgan fingerprint density at radius 2 is 2.15 bits per heavy atom. The lowest BCUT2D eigenvalue weighted by Gasteiger charge is -2.22. The number of nitrogens with zero attached hydrogens (tertiary/aromatic N) is 3. The molecule has 0 radical (unpaired) electrons. The Labute approximate surface area is 154 Å². The fourth-order valence-electron chi connectivity index (χ4n) is 2.69. The van der Waals surface area contributed by atoms with Gasteiger partial charge in [0, 0.05) is 16.8 Å². The maximum absolute atomic E-state index is 13.3. The number of Topliss-reactive ketones (excluding diaryl/α,β-unsaturated/α-hetero) is 1. The van der Waals surface area contributed by atoms with Crippen molar-refractivity contribution in [1.29, 1.82) is 0 Å². The Bertz CT molecular complexity index is 1040. The van der Waals surface area contributed by atoms with Gasteiger partial charge in [0.25, 0.3) is 0 Å². The van der Waals surface area contributed by atoms with Crippen LogP contribution in [0.5, 0.6) is 0 Å². The van der Waals surface area contributed by atoms with Crippen molar-refractivity contribution in [3.05, 3.63) is 70.4 Å². The molecule has 5 nitrogen and oxygen atoms in total. The van der Waals surface area contributed by atoms with E-state index in [-0.39, 0.29) is 23.8 Å². The zero-order valence-electron chi connectivity index (χ0n) is 13.9. The molecule has 0 aliphatic carbocycles. The van der Waals surface area contributed by atoms with Crippen molar-refractivity contribution in [3.63, 3.8) is 0 Å². The summed E-state index contributed by atoms with van der Waals surface area (Å²) in [5.41, 5.74) is -0.118. The molecule has 3 rings (SSSR count). The van der Waals surface area contributed by atoms with Gasteiger partial charge in [-0.05, 0) is 30.7 Å². The van der Waals surface area contributed by atoms with E-state index in [0.717, 1.165) is 0 Å². The molecule has 2 aromatic carbocycles. The van der Waals surface area contributed by atoms with E-state index in [4.69, 9.17) is 18.2 Å². The second-order valence-corrected chi connectivity index (χ2v) is 6.68. The molecule has 0 fully saturated rings. The van der Waals surface area contributed by atoms with Gasteiger partial charge in [0.1, 0.15) is 11.4 Å². The lowest BCUT2D eigenvalue weighted by molar-refractivity contribution is -0.136. The molecule has 7 heteroatoms. The molecular weight excluding hydrogens is 357 g/mol. The first-order valence-electron chi connectivity index (χ1n) is 7.83. The molecule has 26 heavy (non-hydrogen) atoms. The molecule has 1 aromatic heterocycles. The molecule has 0 bridgehead atoms. The standard InChI is InChI=1S/C19H15ClFN3O2/c1-19(26,11-24-17-6-4-14(21)9-13(17)10-23-24)18(25)8-12-3-5-16(22-2)15(20)7-12/h3-7,9-10,26H,8,11H2,1H3/t19-/m0/s1. The zero-order chi connectivity index (χ0) is 18.9. The summed E-state index contributed by atoms with van der Waals surface area (Å²) in [6, 6.07) is 8.94. The van der Waals surface area contributed by atoms with Gasteiger partial charge < -0.3 is 5.11 Å². The van der Waals surface area contributed by atoms with E-state index in [1.54, 1.807) is 24.3 Å². The van der Waals surface area contributed by atoms with Crippen molar-refractivity contribution in [1.82, 2.24) is 9.78 Å². The third-order valence-electron chi connectivity index (χ3n) is 4.16. The minimum Gasteiger partial charge on any atom is -0.380 e. The van der Waals surface area contributed by atoms with Gasteiger partial charge in [0.05, 0.1) is 24.8 Å². The lowest BCUT2D eigenvalue weighted by Crippen LogP contribution is -2.41. The highest BCUT2D eigenvalue weighted by Gasteiger charge is 2.31. The Hall–Kier alpha value is -2.75. The number of carbonyl (C=O) groups excluding carboxylic acids is 1. The molecule has 0 saturated carbocycles. The third kappa shape index (κ3) is 3.59. The quantitative estimate of drug-likeness (QED) is 0.691. The van der Waals surface area contributed by atoms with Gasteiger partial charge in [0.2, 0.25) is 5.69 Å². The predicted molar refractivity (Wildman–Crippen MR) is 96.7 cm³/mol. The van der Waals surface area contributed by atoms with Crippen LogP contribution >= 0.6 is 11.6 Å². The number of aromatic nitrogens is 2. The van der Waals surface area contributed by atoms with Crippen molar-refractivity contribution < 1.29 is 14.3 Å². The molecule has 0 amide bonds. The summed E-state index contributed by atoms with van der Waals surface area (Å²) in [5, 5.41) is 15.6. The maximum Gasteiger partial charge on any atom is 0.205 e. The van der Waals surface area contributed by atoms with E-state index in [9.17, 15) is 14.3 Å². The normalized spacial score (nSPS) is 13.3. The van der Waals surface area contributed by atoms with Gasteiger partial charge in [-0.3, -0.25) is 9.48 Å². The highest BCUT2D eigenvalue weighted by atomic mass is 35.5. The van der Waals surface area contributed by atoms with Crippen molar-refractivity contribution in [2.24, 2.45) is 0 Å². The van der Waals surface area contributed by atoms with Crippen molar-refractivity contribution in [3.8, 4) is 0 Å². The molecule has 1 N–H and O–H groups in total. The zero-order valence-corrected chi connectivity index (χ0v) is 14.7. The number of fused-ring (bicyclic) bond motifs is 1. The highest BCUT2D eigenvalue weighted by Crippen LogP contribution is 2.27. The van der Waals surface area contributed by atoms with Crippen molar-refractivity contribution in [2.45, 2.75) is 25.5 Å². The SMILES string of the molecule is [C-]#[N+]c1ccc(CC(=O)[C@@](C)(O)Cn2ncc3cc(F)ccc32)cc1Cl. The first-order valence-corrected chi connectivity index (χ1v) is 8.20. The topological polar surface area (TPSA) is 59.5 Å². The second kappa shape index (κ2) is 6.87. The van der Waals surface area contributed by atoms with E-state index in [2.05, 4.69) is 9.94 Å². The minimum absolute atomic E-state index is 0.0289. The Balaban J connectivity index is 1.79. The second-order valence-electron chi connectivity index (χ2n) is 6.28. The van der Waals surface area contributed by atoms with Gasteiger partial charge in [-0.25, -0.2) is 9.24 Å². The number of hydrogen-bond acceptors (Lipinski definition) is 3. The Morgan fingerprint density at radius 3 is 2.85 bits per heavy atom. The molecule has 1 atom stereocenters. The van der Waals surface area contributed by atoms with Gasteiger partial charge >= 0.3 is 0 Å². The van der Waals surface area contributed by atoms with E-state index in [0.29, 0.717) is 22.2 Å². The monoisotopic (exact) mass is 371 g/mol. The number of hydrogen-bond donors (Lipinski definition) is 1. The van der Waals surface area contributed by atoms with Crippen LogP contribution in [-0.2, 0) is 17.8 Å². The first kappa shape index (κ1) is 18.1. The van der Waals surface area contributed by atoms with Gasteiger partial charge in [-0.1, -0.05) is 29.8 Å². The molecule has 0 aliphatic rings. The molecule has 0 unspecified atom stereocenters. The molecule has 0 saturated heterocycles. The molecular formula is C19H15ClFN3O2. The van der Waals surface area contributed by atoms with Crippen molar-refractivity contribution >= 4 is 34.0 Å². The average molecular weight is 372 g/mol. The van der Waals surface area contributed by atoms with E-state index >= 15 is 0 Å². The molecule has 0 spiro atoms. The van der Waals surface area contributed by atoms with Crippen LogP contribution < -0.4 is 0 Å². The van der Waals surface area contributed by atoms with Crippen LogP contribution in [0.15, 0.2) is 42.6 Å². The number of halogens is 2. The predicted octanol–water partition coefficient (Wildman–Crippen LogP) is 3.94. The van der Waals surface area contributed by atoms with Crippen LogP contribution in [0.3, 0.4) is 0 Å². The molecule has 3 aromatic rings. The number of carbonyl (C=O) groups is 1. The Kier molecular flexibility index (Phi) is 4.77. The average Bonchev–Trinajstić information content (AvgIpc) is 2.96. The lowest BCUT2D eigenvalue weighted by atomic mass is 9.95. The van der Waals surface area contributed by atoms with Crippen LogP contribution in [0, 0.1) is 12.4 Å². The smallest absolute Gasteiger partial charge is 0.205 e. The van der Waals surface area contributed by atoms with Crippen LogP contribution in [0.1, 0.15) is 12.5 Å². The summed E-state index contributed by atoms with van der Waals surface area (Å²) >= 11 is 5.99. The first-order chi connectivity index (χ1) is 12.3. The molecule has 1 heterocycles. The fourth-order valence-corrected chi connectivity index (χ4v) is 2.94. The summed E-state index contributed by atoms with van der Waals surface area (Å²) in [4.78, 5) is 15.8. The van der Waals surface area contributed by atoms with Crippen molar-refractivity contribution in [2.75, 3.05) is 0 Å². The van der Waals surface area contributed by atoms with E-state index in [1.165, 1.54) is 29.9 Å². The van der Waals surface area contributed by atoms with Crippen LogP contribution in [0.2, 0.25) is 5.02 Å². The number of rotatable bonds is 5. The van der Waals surface area contributed by atoms with Gasteiger partial charge in [-0.15, -0.1) is 0 Å². The number of benzene rings is 2. The maximum atomic E-state index is 13.3. The van der Waals surface area contributed by atoms with Gasteiger partial charge in [-0.2, -0.15) is 5.10 Å². The summed E-state index contributed by atoms with van der Waals surface area (Å²) in [7, 11) is 0. The van der Waals surface area contributed by atoms with Crippen LogP contribution in [0.4, 0.5) is 10.1 Å². The fraction of sp³-hybridized carbons (Fsp3) is 0.211. The van der Waals surface area contributed by atoms with Crippen LogP contribution in [0.25, 0.3) is 15.7 Å². The van der Waals surface area contributed by atoms with Gasteiger partial charge in [0.15, 0.2) is 5.78 Å². The number of aliphatic hydroxyl groups is 1. The van der Waals surface area contributed by atoms with E-state index < -0.39 is 11.4 Å². The highest BCUT2D eigenvalue weighted by molar-refractivity contribution is 6.33. The largest absolute Gasteiger partial charge is 0.380 e. The summed E-state index contributed by atoms with van der Waals surface area (Å²) in [6.07, 6.45) is 1.46. The van der Waals surface area contributed by atoms with Crippen LogP contribution in [-0.4, -0.2) is 26.3 Å². The Morgan fingerprint density at radius 1 is 1.38 bits per heavy atom. The summed E-state index contributed by atoms with van der Waals surface area (Å²) in [6.45, 7) is 8.34. The third-order valence-corrected chi connectivity index (χ3v) is 4.46. The summed E-state index contributed by atoms with van der Waals surface area (Å²) in [5.74, 6) is -0.783. The molecule has 132 valence electrons. The molecule has 0 aliphatic heterocycles. The minimum atomic E-state index is -1.67.